The number of aryl methyl sites for hydroxylation is 2. The molecule has 1 N–H and O–H groups in total. The molecule has 170 valence electrons. The standard InChI is InChI=1S/C29H28N4S/c1-19(16-17-20-10-4-2-5-11-20)32-28-27-26(30-18-31-28)24-22-14-8-9-15-23(22)25(33-29(24)34-27)21-12-6-3-7-13-21/h2-7,10-13,18-19H,8-9,14-17H2,1H3,(H,30,31,32)/t19-/m0/s1. The highest BCUT2D eigenvalue weighted by Crippen LogP contribution is 2.42. The van der Waals surface area contributed by atoms with Crippen molar-refractivity contribution in [1.29, 1.82) is 0 Å². The Balaban J connectivity index is 1.40. The van der Waals surface area contributed by atoms with Crippen LogP contribution < -0.4 is 5.32 Å². The van der Waals surface area contributed by atoms with Crippen LogP contribution in [0.4, 0.5) is 5.82 Å². The van der Waals surface area contributed by atoms with Crippen LogP contribution in [0.2, 0.25) is 0 Å². The number of hydrogen-bond acceptors (Lipinski definition) is 5. The monoisotopic (exact) mass is 464 g/mol. The van der Waals surface area contributed by atoms with Gasteiger partial charge in [0.2, 0.25) is 0 Å². The summed E-state index contributed by atoms with van der Waals surface area (Å²) >= 11 is 1.73. The molecule has 6 rings (SSSR count). The molecule has 1 aliphatic carbocycles. The molecule has 0 fully saturated rings. The van der Waals surface area contributed by atoms with Crippen LogP contribution >= 0.6 is 11.3 Å². The molecule has 0 aliphatic heterocycles. The van der Waals surface area contributed by atoms with E-state index in [1.54, 1.807) is 17.7 Å². The molecule has 0 unspecified atom stereocenters. The summed E-state index contributed by atoms with van der Waals surface area (Å²) in [5.74, 6) is 0.930. The van der Waals surface area contributed by atoms with Crippen LogP contribution in [0.15, 0.2) is 67.0 Å². The molecule has 1 aliphatic rings. The molecule has 0 amide bonds. The van der Waals surface area contributed by atoms with Gasteiger partial charge < -0.3 is 5.32 Å². The van der Waals surface area contributed by atoms with Gasteiger partial charge >= 0.3 is 0 Å². The van der Waals surface area contributed by atoms with Gasteiger partial charge in [-0.1, -0.05) is 60.7 Å². The quantitative estimate of drug-likeness (QED) is 0.288. The van der Waals surface area contributed by atoms with E-state index in [4.69, 9.17) is 9.97 Å². The molecule has 5 aromatic rings. The first-order chi connectivity index (χ1) is 16.8. The first-order valence-electron chi connectivity index (χ1n) is 12.2. The van der Waals surface area contributed by atoms with Gasteiger partial charge in [-0.15, -0.1) is 11.3 Å². The molecular weight excluding hydrogens is 436 g/mol. The van der Waals surface area contributed by atoms with Crippen LogP contribution in [0.5, 0.6) is 0 Å². The number of thiophene rings is 1. The van der Waals surface area contributed by atoms with Gasteiger partial charge in [-0.2, -0.15) is 0 Å². The Morgan fingerprint density at radius 3 is 2.44 bits per heavy atom. The molecule has 4 nitrogen and oxygen atoms in total. The molecule has 0 saturated heterocycles. The lowest BCUT2D eigenvalue weighted by Crippen LogP contribution is -2.17. The second-order valence-electron chi connectivity index (χ2n) is 9.24. The van der Waals surface area contributed by atoms with Gasteiger partial charge in [-0.25, -0.2) is 15.0 Å². The van der Waals surface area contributed by atoms with Gasteiger partial charge in [0, 0.05) is 17.0 Å². The summed E-state index contributed by atoms with van der Waals surface area (Å²) in [6.07, 6.45) is 8.44. The average molecular weight is 465 g/mol. The Labute approximate surface area is 204 Å². The minimum absolute atomic E-state index is 0.310. The van der Waals surface area contributed by atoms with Crippen LogP contribution in [-0.2, 0) is 19.3 Å². The smallest absolute Gasteiger partial charge is 0.147 e. The molecule has 0 bridgehead atoms. The highest BCUT2D eigenvalue weighted by atomic mass is 32.1. The SMILES string of the molecule is C[C@@H](CCc1ccccc1)Nc1ncnc2c1sc1nc(-c3ccccc3)c3c(c12)CCCC3. The maximum atomic E-state index is 5.22. The number of fused-ring (bicyclic) bond motifs is 5. The van der Waals surface area contributed by atoms with E-state index in [1.165, 1.54) is 40.5 Å². The van der Waals surface area contributed by atoms with Gasteiger partial charge in [0.05, 0.1) is 15.9 Å². The molecule has 2 aromatic carbocycles. The number of benzene rings is 2. The molecule has 1 atom stereocenters. The van der Waals surface area contributed by atoms with Gasteiger partial charge in [-0.3, -0.25) is 0 Å². The van der Waals surface area contributed by atoms with E-state index in [0.717, 1.165) is 52.2 Å². The molecule has 0 radical (unpaired) electrons. The number of aromatic nitrogens is 3. The lowest BCUT2D eigenvalue weighted by Gasteiger charge is -2.20. The fourth-order valence-corrected chi connectivity index (χ4v) is 6.24. The Morgan fingerprint density at radius 1 is 0.912 bits per heavy atom. The van der Waals surface area contributed by atoms with E-state index in [0.29, 0.717) is 6.04 Å². The Kier molecular flexibility index (Phi) is 5.71. The molecule has 0 spiro atoms. The summed E-state index contributed by atoms with van der Waals surface area (Å²) in [6, 6.07) is 21.6. The van der Waals surface area contributed by atoms with Crippen LogP contribution in [0, 0.1) is 0 Å². The van der Waals surface area contributed by atoms with E-state index in [1.807, 2.05) is 0 Å². The van der Waals surface area contributed by atoms with Crippen molar-refractivity contribution in [3.63, 3.8) is 0 Å². The summed E-state index contributed by atoms with van der Waals surface area (Å²) in [7, 11) is 0. The number of anilines is 1. The summed E-state index contributed by atoms with van der Waals surface area (Å²) < 4.78 is 1.12. The van der Waals surface area contributed by atoms with Gasteiger partial charge in [0.25, 0.3) is 0 Å². The fraction of sp³-hybridized carbons (Fsp3) is 0.276. The third-order valence-corrected chi connectivity index (χ3v) is 7.94. The Morgan fingerprint density at radius 2 is 1.65 bits per heavy atom. The molecular formula is C29H28N4S. The van der Waals surface area contributed by atoms with Gasteiger partial charge in [0.15, 0.2) is 0 Å². The van der Waals surface area contributed by atoms with Crippen molar-refractivity contribution in [3.8, 4) is 11.3 Å². The lowest BCUT2D eigenvalue weighted by atomic mass is 9.87. The summed E-state index contributed by atoms with van der Waals surface area (Å²) in [5.41, 5.74) is 7.64. The van der Waals surface area contributed by atoms with Crippen LogP contribution in [0.25, 0.3) is 31.7 Å². The summed E-state index contributed by atoms with van der Waals surface area (Å²) in [5, 5.41) is 4.92. The third-order valence-electron chi connectivity index (χ3n) is 6.86. The Hall–Kier alpha value is -3.31. The molecule has 34 heavy (non-hydrogen) atoms. The normalized spacial score (nSPS) is 14.3. The van der Waals surface area contributed by atoms with E-state index >= 15 is 0 Å². The number of hydrogen-bond donors (Lipinski definition) is 1. The van der Waals surface area contributed by atoms with Crippen molar-refractivity contribution in [2.75, 3.05) is 5.32 Å². The largest absolute Gasteiger partial charge is 0.366 e. The summed E-state index contributed by atoms with van der Waals surface area (Å²) in [6.45, 7) is 2.23. The van der Waals surface area contributed by atoms with E-state index in [9.17, 15) is 0 Å². The van der Waals surface area contributed by atoms with Gasteiger partial charge in [0.1, 0.15) is 17.0 Å². The molecule has 3 heterocycles. The van der Waals surface area contributed by atoms with E-state index in [-0.39, 0.29) is 0 Å². The van der Waals surface area contributed by atoms with Crippen LogP contribution in [0.1, 0.15) is 42.9 Å². The number of nitrogens with zero attached hydrogens (tertiary/aromatic N) is 3. The topological polar surface area (TPSA) is 50.7 Å². The van der Waals surface area contributed by atoms with Crippen molar-refractivity contribution < 1.29 is 0 Å². The maximum absolute atomic E-state index is 5.22. The van der Waals surface area contributed by atoms with Crippen molar-refractivity contribution in [3.05, 3.63) is 83.7 Å². The molecule has 3 aromatic heterocycles. The van der Waals surface area contributed by atoms with Gasteiger partial charge in [-0.05, 0) is 62.1 Å². The van der Waals surface area contributed by atoms with Crippen molar-refractivity contribution in [2.24, 2.45) is 0 Å². The predicted molar refractivity (Wildman–Crippen MR) is 143 cm³/mol. The first-order valence-corrected chi connectivity index (χ1v) is 13.0. The highest BCUT2D eigenvalue weighted by Gasteiger charge is 2.24. The van der Waals surface area contributed by atoms with E-state index in [2.05, 4.69) is 77.9 Å². The minimum atomic E-state index is 0.310. The molecule has 5 heteroatoms. The third kappa shape index (κ3) is 3.94. The second kappa shape index (κ2) is 9.15. The second-order valence-corrected chi connectivity index (χ2v) is 10.2. The zero-order valence-electron chi connectivity index (χ0n) is 19.4. The number of pyridine rings is 1. The minimum Gasteiger partial charge on any atom is -0.366 e. The number of nitrogens with one attached hydrogen (secondary N) is 1. The van der Waals surface area contributed by atoms with E-state index < -0.39 is 0 Å². The maximum Gasteiger partial charge on any atom is 0.147 e. The van der Waals surface area contributed by atoms with Crippen LogP contribution in [-0.4, -0.2) is 21.0 Å². The first kappa shape index (κ1) is 21.2. The lowest BCUT2D eigenvalue weighted by molar-refractivity contribution is 0.689. The Bertz CT molecular complexity index is 1440. The van der Waals surface area contributed by atoms with Crippen molar-refractivity contribution in [2.45, 2.75) is 51.5 Å². The zero-order valence-corrected chi connectivity index (χ0v) is 20.2. The zero-order chi connectivity index (χ0) is 22.9. The fourth-order valence-electron chi connectivity index (χ4n) is 5.13. The number of rotatable bonds is 6. The molecule has 0 saturated carbocycles. The summed E-state index contributed by atoms with van der Waals surface area (Å²) in [4.78, 5) is 15.7. The van der Waals surface area contributed by atoms with Crippen molar-refractivity contribution >= 4 is 37.6 Å². The average Bonchev–Trinajstić information content (AvgIpc) is 3.28. The highest BCUT2D eigenvalue weighted by molar-refractivity contribution is 7.26. The van der Waals surface area contributed by atoms with Crippen LogP contribution in [0.3, 0.4) is 0 Å². The predicted octanol–water partition coefficient (Wildman–Crippen LogP) is 7.22. The van der Waals surface area contributed by atoms with Crippen molar-refractivity contribution in [1.82, 2.24) is 15.0 Å².